The van der Waals surface area contributed by atoms with E-state index in [4.69, 9.17) is 4.74 Å². The maximum Gasteiger partial charge on any atom is 0.330 e. The molecule has 0 bridgehead atoms. The summed E-state index contributed by atoms with van der Waals surface area (Å²) >= 11 is 0. The molecule has 158 valence electrons. The van der Waals surface area contributed by atoms with Crippen molar-refractivity contribution in [3.8, 4) is 0 Å². The number of esters is 1. The van der Waals surface area contributed by atoms with E-state index in [2.05, 4.69) is 6.92 Å². The number of unbranched alkanes of at least 4 members (excludes halogenated alkanes) is 14. The SMILES string of the molecule is CCCCCCCCCCCCCCCCC(=O)/C=C\C(=O)OCCCC. The number of hydrogen-bond acceptors (Lipinski definition) is 3. The minimum atomic E-state index is -0.405. The quantitative estimate of drug-likeness (QED) is 0.126. The fourth-order valence-electron chi connectivity index (χ4n) is 3.10. The number of ether oxygens (including phenoxy) is 1. The summed E-state index contributed by atoms with van der Waals surface area (Å²) in [5, 5.41) is 0. The van der Waals surface area contributed by atoms with Crippen molar-refractivity contribution in [2.45, 2.75) is 123 Å². The third kappa shape index (κ3) is 21.0. The molecule has 0 aliphatic carbocycles. The van der Waals surface area contributed by atoms with Crippen LogP contribution in [0.1, 0.15) is 123 Å². The third-order valence-electron chi connectivity index (χ3n) is 4.92. The minimum absolute atomic E-state index is 0.0291. The van der Waals surface area contributed by atoms with Crippen LogP contribution in [0.4, 0.5) is 0 Å². The molecule has 0 spiro atoms. The lowest BCUT2D eigenvalue weighted by Gasteiger charge is -2.03. The lowest BCUT2D eigenvalue weighted by molar-refractivity contribution is -0.138. The lowest BCUT2D eigenvalue weighted by Crippen LogP contribution is -2.03. The van der Waals surface area contributed by atoms with Crippen LogP contribution in [0.2, 0.25) is 0 Å². The van der Waals surface area contributed by atoms with E-state index in [1.807, 2.05) is 6.92 Å². The fourth-order valence-corrected chi connectivity index (χ4v) is 3.10. The van der Waals surface area contributed by atoms with Gasteiger partial charge >= 0.3 is 5.97 Å². The van der Waals surface area contributed by atoms with E-state index in [1.165, 1.54) is 89.2 Å². The molecular formula is C24H44O3. The second kappa shape index (κ2) is 21.2. The normalized spacial score (nSPS) is 11.2. The van der Waals surface area contributed by atoms with Gasteiger partial charge < -0.3 is 4.74 Å². The number of rotatable bonds is 20. The molecule has 3 nitrogen and oxygen atoms in total. The Bertz CT molecular complexity index is 374. The van der Waals surface area contributed by atoms with E-state index in [1.54, 1.807) is 0 Å². The molecule has 0 aromatic rings. The molecule has 0 N–H and O–H groups in total. The average molecular weight is 381 g/mol. The van der Waals surface area contributed by atoms with Crippen molar-refractivity contribution < 1.29 is 14.3 Å². The largest absolute Gasteiger partial charge is 0.463 e. The van der Waals surface area contributed by atoms with E-state index in [0.29, 0.717) is 13.0 Å². The second-order valence-corrected chi connectivity index (χ2v) is 7.67. The van der Waals surface area contributed by atoms with Crippen LogP contribution in [0, 0.1) is 0 Å². The molecule has 0 aromatic carbocycles. The number of hydrogen-bond donors (Lipinski definition) is 0. The second-order valence-electron chi connectivity index (χ2n) is 7.67. The molecule has 0 saturated heterocycles. The molecule has 27 heavy (non-hydrogen) atoms. The predicted molar refractivity (Wildman–Crippen MR) is 115 cm³/mol. The highest BCUT2D eigenvalue weighted by Gasteiger charge is 2.01. The Morgan fingerprint density at radius 2 is 1.04 bits per heavy atom. The summed E-state index contributed by atoms with van der Waals surface area (Å²) < 4.78 is 4.98. The van der Waals surface area contributed by atoms with E-state index in [0.717, 1.165) is 25.7 Å². The first kappa shape index (κ1) is 25.9. The predicted octanol–water partition coefficient (Wildman–Crippen LogP) is 7.33. The van der Waals surface area contributed by atoms with Crippen LogP contribution in [-0.4, -0.2) is 18.4 Å². The Balaban J connectivity index is 3.31. The molecule has 0 fully saturated rings. The van der Waals surface area contributed by atoms with Crippen molar-refractivity contribution in [3.05, 3.63) is 12.2 Å². The van der Waals surface area contributed by atoms with Gasteiger partial charge in [-0.1, -0.05) is 104 Å². The maximum absolute atomic E-state index is 11.7. The van der Waals surface area contributed by atoms with Crippen LogP contribution in [0.3, 0.4) is 0 Å². The van der Waals surface area contributed by atoms with Gasteiger partial charge in [0.1, 0.15) is 0 Å². The highest BCUT2D eigenvalue weighted by molar-refractivity contribution is 5.95. The van der Waals surface area contributed by atoms with Crippen LogP contribution in [0.15, 0.2) is 12.2 Å². The van der Waals surface area contributed by atoms with Gasteiger partial charge in [0, 0.05) is 12.5 Å². The summed E-state index contributed by atoms with van der Waals surface area (Å²) in [5.74, 6) is -0.376. The monoisotopic (exact) mass is 380 g/mol. The first-order valence-electron chi connectivity index (χ1n) is 11.6. The highest BCUT2D eigenvalue weighted by atomic mass is 16.5. The van der Waals surface area contributed by atoms with Gasteiger partial charge in [0.15, 0.2) is 5.78 Å². The fraction of sp³-hybridized carbons (Fsp3) is 0.833. The number of ketones is 1. The van der Waals surface area contributed by atoms with Crippen LogP contribution >= 0.6 is 0 Å². The zero-order valence-corrected chi connectivity index (χ0v) is 18.1. The zero-order valence-electron chi connectivity index (χ0n) is 18.1. The third-order valence-corrected chi connectivity index (χ3v) is 4.92. The summed E-state index contributed by atoms with van der Waals surface area (Å²) in [6.07, 6.45) is 23.4. The molecule has 0 rings (SSSR count). The molecule has 0 aliphatic rings. The van der Waals surface area contributed by atoms with Crippen LogP contribution in [-0.2, 0) is 14.3 Å². The topological polar surface area (TPSA) is 43.4 Å². The molecular weight excluding hydrogens is 336 g/mol. The number of carbonyl (C=O) groups is 2. The highest BCUT2D eigenvalue weighted by Crippen LogP contribution is 2.13. The Hall–Kier alpha value is -1.12. The number of allylic oxidation sites excluding steroid dienone is 1. The molecule has 3 heteroatoms. The molecule has 0 unspecified atom stereocenters. The molecule has 0 aliphatic heterocycles. The van der Waals surface area contributed by atoms with Crippen molar-refractivity contribution >= 4 is 11.8 Å². The van der Waals surface area contributed by atoms with Gasteiger partial charge in [-0.3, -0.25) is 4.79 Å². The molecule has 0 saturated carbocycles. The average Bonchev–Trinajstić information content (AvgIpc) is 2.67. The van der Waals surface area contributed by atoms with Crippen molar-refractivity contribution in [2.24, 2.45) is 0 Å². The zero-order chi connectivity index (χ0) is 20.0. The van der Waals surface area contributed by atoms with E-state index >= 15 is 0 Å². The van der Waals surface area contributed by atoms with Gasteiger partial charge in [0.05, 0.1) is 6.61 Å². The molecule has 0 heterocycles. The first-order valence-corrected chi connectivity index (χ1v) is 11.6. The Kier molecular flexibility index (Phi) is 20.3. The van der Waals surface area contributed by atoms with Gasteiger partial charge in [0.2, 0.25) is 0 Å². The maximum atomic E-state index is 11.7. The molecule has 0 atom stereocenters. The molecule has 0 aromatic heterocycles. The van der Waals surface area contributed by atoms with Crippen molar-refractivity contribution in [1.29, 1.82) is 0 Å². The van der Waals surface area contributed by atoms with E-state index in [-0.39, 0.29) is 5.78 Å². The van der Waals surface area contributed by atoms with Gasteiger partial charge in [0.25, 0.3) is 0 Å². The standard InChI is InChI=1S/C24H44O3/c1-3-5-7-8-9-10-11-12-13-14-15-16-17-18-19-23(25)20-21-24(26)27-22-6-4-2/h20-21H,3-19,22H2,1-2H3/b21-20-. The summed E-state index contributed by atoms with van der Waals surface area (Å²) in [6.45, 7) is 4.75. The van der Waals surface area contributed by atoms with Crippen molar-refractivity contribution in [2.75, 3.05) is 6.61 Å². The Morgan fingerprint density at radius 1 is 0.593 bits per heavy atom. The lowest BCUT2D eigenvalue weighted by atomic mass is 10.0. The molecule has 0 radical (unpaired) electrons. The minimum Gasteiger partial charge on any atom is -0.463 e. The summed E-state index contributed by atoms with van der Waals surface area (Å²) in [4.78, 5) is 23.1. The van der Waals surface area contributed by atoms with Gasteiger partial charge in [-0.25, -0.2) is 4.79 Å². The van der Waals surface area contributed by atoms with Crippen molar-refractivity contribution in [1.82, 2.24) is 0 Å². The van der Waals surface area contributed by atoms with Gasteiger partial charge in [-0.15, -0.1) is 0 Å². The summed E-state index contributed by atoms with van der Waals surface area (Å²) in [6, 6.07) is 0. The Morgan fingerprint density at radius 3 is 1.52 bits per heavy atom. The summed E-state index contributed by atoms with van der Waals surface area (Å²) in [7, 11) is 0. The first-order chi connectivity index (χ1) is 13.2. The Labute approximate surface area is 168 Å². The van der Waals surface area contributed by atoms with Gasteiger partial charge in [-0.2, -0.15) is 0 Å². The van der Waals surface area contributed by atoms with Crippen LogP contribution < -0.4 is 0 Å². The molecule has 0 amide bonds. The van der Waals surface area contributed by atoms with Crippen LogP contribution in [0.25, 0.3) is 0 Å². The summed E-state index contributed by atoms with van der Waals surface area (Å²) in [5.41, 5.74) is 0. The van der Waals surface area contributed by atoms with Crippen LogP contribution in [0.5, 0.6) is 0 Å². The van der Waals surface area contributed by atoms with Gasteiger partial charge in [-0.05, 0) is 18.9 Å². The van der Waals surface area contributed by atoms with Crippen molar-refractivity contribution in [3.63, 3.8) is 0 Å². The van der Waals surface area contributed by atoms with E-state index in [9.17, 15) is 9.59 Å². The smallest absolute Gasteiger partial charge is 0.330 e. The van der Waals surface area contributed by atoms with E-state index < -0.39 is 5.97 Å². The number of carbonyl (C=O) groups excluding carboxylic acids is 2.